The van der Waals surface area contributed by atoms with Gasteiger partial charge in [-0.2, -0.15) is 8.42 Å². The summed E-state index contributed by atoms with van der Waals surface area (Å²) in [6.45, 7) is 3.32. The molecule has 94 valence electrons. The topological polar surface area (TPSA) is 72.9 Å². The molecular weight excluding hydrogens is 234 g/mol. The Bertz CT molecular complexity index is 340. The Morgan fingerprint density at radius 3 is 2.75 bits per heavy atom. The molecule has 6 nitrogen and oxygen atoms in total. The lowest BCUT2D eigenvalue weighted by Crippen LogP contribution is -2.30. The van der Waals surface area contributed by atoms with Crippen LogP contribution in [0, 0.1) is 5.92 Å². The van der Waals surface area contributed by atoms with Gasteiger partial charge < -0.3 is 9.64 Å². The van der Waals surface area contributed by atoms with E-state index in [0.717, 1.165) is 12.7 Å². The molecule has 16 heavy (non-hydrogen) atoms. The minimum atomic E-state index is -3.39. The number of rotatable bonds is 4. The predicted molar refractivity (Wildman–Crippen MR) is 57.5 cm³/mol. The Morgan fingerprint density at radius 1 is 1.50 bits per heavy atom. The molecule has 0 saturated carbocycles. The third-order valence-corrected chi connectivity index (χ3v) is 2.89. The van der Waals surface area contributed by atoms with Crippen LogP contribution in [0.15, 0.2) is 0 Å². The summed E-state index contributed by atoms with van der Waals surface area (Å²) in [5.74, 6) is 0.0686. The van der Waals surface area contributed by atoms with E-state index < -0.39 is 10.1 Å². The monoisotopic (exact) mass is 251 g/mol. The highest BCUT2D eigenvalue weighted by atomic mass is 32.2. The minimum absolute atomic E-state index is 0.0686. The summed E-state index contributed by atoms with van der Waals surface area (Å²) in [4.78, 5) is 12.9. The fourth-order valence-corrected chi connectivity index (χ4v) is 2.01. The standard InChI is InChI=1S/C9H17NO5S/c1-3-14-9(11)10-5-4-8(6-10)7-15-16(2,12)13/h8H,3-7H2,1-2H3. The fraction of sp³-hybridized carbons (Fsp3) is 0.889. The molecule has 0 N–H and O–H groups in total. The van der Waals surface area contributed by atoms with Gasteiger partial charge in [0.2, 0.25) is 0 Å². The molecule has 1 amide bonds. The molecular formula is C9H17NO5S. The number of amides is 1. The molecule has 1 atom stereocenters. The molecule has 1 aliphatic heterocycles. The van der Waals surface area contributed by atoms with Crippen molar-refractivity contribution in [1.29, 1.82) is 0 Å². The van der Waals surface area contributed by atoms with E-state index in [2.05, 4.69) is 0 Å². The highest BCUT2D eigenvalue weighted by Gasteiger charge is 2.27. The van der Waals surface area contributed by atoms with Gasteiger partial charge in [-0.3, -0.25) is 4.18 Å². The van der Waals surface area contributed by atoms with Crippen molar-refractivity contribution in [2.45, 2.75) is 13.3 Å². The Kier molecular flexibility index (Phi) is 4.55. The van der Waals surface area contributed by atoms with Crippen molar-refractivity contribution in [2.24, 2.45) is 5.92 Å². The predicted octanol–water partition coefficient (Wildman–Crippen LogP) is 0.441. The quantitative estimate of drug-likeness (QED) is 0.678. The van der Waals surface area contributed by atoms with Gasteiger partial charge in [-0.15, -0.1) is 0 Å². The Labute approximate surface area is 95.6 Å². The van der Waals surface area contributed by atoms with Crippen molar-refractivity contribution in [3.05, 3.63) is 0 Å². The Hall–Kier alpha value is -0.820. The summed E-state index contributed by atoms with van der Waals surface area (Å²) in [6, 6.07) is 0. The lowest BCUT2D eigenvalue weighted by molar-refractivity contribution is 0.113. The second-order valence-corrected chi connectivity index (χ2v) is 5.43. The summed E-state index contributed by atoms with van der Waals surface area (Å²) in [6.07, 6.45) is 1.42. The molecule has 1 heterocycles. The number of ether oxygens (including phenoxy) is 1. The largest absolute Gasteiger partial charge is 0.450 e. The second kappa shape index (κ2) is 5.49. The molecule has 0 bridgehead atoms. The lowest BCUT2D eigenvalue weighted by Gasteiger charge is -2.15. The molecule has 1 unspecified atom stereocenters. The van der Waals surface area contributed by atoms with Gasteiger partial charge in [0.25, 0.3) is 10.1 Å². The average molecular weight is 251 g/mol. The smallest absolute Gasteiger partial charge is 0.409 e. The summed E-state index contributed by atoms with van der Waals surface area (Å²) in [7, 11) is -3.39. The van der Waals surface area contributed by atoms with Crippen LogP contribution in [0.2, 0.25) is 0 Å². The molecule has 7 heteroatoms. The van der Waals surface area contributed by atoms with Gasteiger partial charge in [-0.05, 0) is 13.3 Å². The van der Waals surface area contributed by atoms with Gasteiger partial charge in [0.15, 0.2) is 0 Å². The summed E-state index contributed by atoms with van der Waals surface area (Å²) in [5.41, 5.74) is 0. The number of likely N-dealkylation sites (tertiary alicyclic amines) is 1. The third kappa shape index (κ3) is 4.36. The highest BCUT2D eigenvalue weighted by molar-refractivity contribution is 7.85. The van der Waals surface area contributed by atoms with E-state index in [0.29, 0.717) is 19.7 Å². The zero-order valence-electron chi connectivity index (χ0n) is 9.51. The van der Waals surface area contributed by atoms with Crippen LogP contribution >= 0.6 is 0 Å². The average Bonchev–Trinajstić information content (AvgIpc) is 2.62. The Balaban J connectivity index is 2.32. The Morgan fingerprint density at radius 2 is 2.19 bits per heavy atom. The molecule has 1 saturated heterocycles. The van der Waals surface area contributed by atoms with Crippen molar-refractivity contribution in [3.63, 3.8) is 0 Å². The van der Waals surface area contributed by atoms with Crippen molar-refractivity contribution < 1.29 is 22.1 Å². The first-order chi connectivity index (χ1) is 7.42. The maximum atomic E-state index is 11.3. The summed E-state index contributed by atoms with van der Waals surface area (Å²) >= 11 is 0. The van der Waals surface area contributed by atoms with Crippen LogP contribution in [0.1, 0.15) is 13.3 Å². The molecule has 1 rings (SSSR count). The maximum Gasteiger partial charge on any atom is 0.409 e. The van der Waals surface area contributed by atoms with Crippen LogP contribution in [0.3, 0.4) is 0 Å². The molecule has 0 aliphatic carbocycles. The normalized spacial score (nSPS) is 21.1. The van der Waals surface area contributed by atoms with Crippen molar-refractivity contribution in [3.8, 4) is 0 Å². The highest BCUT2D eigenvalue weighted by Crippen LogP contribution is 2.17. The van der Waals surface area contributed by atoms with E-state index in [4.69, 9.17) is 8.92 Å². The van der Waals surface area contributed by atoms with Gasteiger partial charge in [-0.25, -0.2) is 4.79 Å². The first-order valence-electron chi connectivity index (χ1n) is 5.18. The number of hydrogen-bond acceptors (Lipinski definition) is 5. The van der Waals surface area contributed by atoms with Crippen LogP contribution in [-0.2, 0) is 19.0 Å². The zero-order valence-corrected chi connectivity index (χ0v) is 10.3. The zero-order chi connectivity index (χ0) is 12.2. The van der Waals surface area contributed by atoms with Gasteiger partial charge in [-0.1, -0.05) is 0 Å². The van der Waals surface area contributed by atoms with Crippen LogP contribution < -0.4 is 0 Å². The number of hydrogen-bond donors (Lipinski definition) is 0. The minimum Gasteiger partial charge on any atom is -0.450 e. The number of nitrogens with zero attached hydrogens (tertiary/aromatic N) is 1. The molecule has 0 radical (unpaired) electrons. The molecule has 0 aromatic rings. The molecule has 1 aliphatic rings. The summed E-state index contributed by atoms with van der Waals surface area (Å²) in [5, 5.41) is 0. The van der Waals surface area contributed by atoms with Crippen LogP contribution in [0.4, 0.5) is 4.79 Å². The van der Waals surface area contributed by atoms with E-state index in [1.807, 2.05) is 0 Å². The summed E-state index contributed by atoms with van der Waals surface area (Å²) < 4.78 is 31.1. The SMILES string of the molecule is CCOC(=O)N1CCC(COS(C)(=O)=O)C1. The first-order valence-corrected chi connectivity index (χ1v) is 7.00. The third-order valence-electron chi connectivity index (χ3n) is 2.33. The van der Waals surface area contributed by atoms with Gasteiger partial charge >= 0.3 is 6.09 Å². The van der Waals surface area contributed by atoms with Crippen molar-refractivity contribution in [1.82, 2.24) is 4.90 Å². The van der Waals surface area contributed by atoms with E-state index in [-0.39, 0.29) is 18.6 Å². The van der Waals surface area contributed by atoms with Gasteiger partial charge in [0.05, 0.1) is 19.5 Å². The fourth-order valence-electron chi connectivity index (χ4n) is 1.57. The second-order valence-electron chi connectivity index (χ2n) is 3.79. The number of carbonyl (C=O) groups is 1. The van der Waals surface area contributed by atoms with Gasteiger partial charge in [0.1, 0.15) is 0 Å². The van der Waals surface area contributed by atoms with Crippen LogP contribution in [0.25, 0.3) is 0 Å². The van der Waals surface area contributed by atoms with Crippen molar-refractivity contribution >= 4 is 16.2 Å². The lowest BCUT2D eigenvalue weighted by atomic mass is 10.1. The van der Waals surface area contributed by atoms with E-state index in [1.54, 1.807) is 11.8 Å². The number of carbonyl (C=O) groups excluding carboxylic acids is 1. The molecule has 0 aromatic carbocycles. The molecule has 1 fully saturated rings. The molecule has 0 aromatic heterocycles. The van der Waals surface area contributed by atoms with Gasteiger partial charge in [0, 0.05) is 19.0 Å². The van der Waals surface area contributed by atoms with Crippen molar-refractivity contribution in [2.75, 3.05) is 32.6 Å². The van der Waals surface area contributed by atoms with Crippen LogP contribution in [0.5, 0.6) is 0 Å². The van der Waals surface area contributed by atoms with E-state index in [1.165, 1.54) is 0 Å². The first kappa shape index (κ1) is 13.2. The molecule has 0 spiro atoms. The van der Waals surface area contributed by atoms with E-state index >= 15 is 0 Å². The van der Waals surface area contributed by atoms with Crippen LogP contribution in [-0.4, -0.2) is 52.0 Å². The van der Waals surface area contributed by atoms with E-state index in [9.17, 15) is 13.2 Å². The maximum absolute atomic E-state index is 11.3.